The Morgan fingerprint density at radius 3 is 2.86 bits per heavy atom. The van der Waals surface area contributed by atoms with Crippen molar-refractivity contribution in [1.82, 2.24) is 10.6 Å². The van der Waals surface area contributed by atoms with Gasteiger partial charge >= 0.3 is 0 Å². The van der Waals surface area contributed by atoms with E-state index in [2.05, 4.69) is 10.6 Å². The predicted octanol–water partition coefficient (Wildman–Crippen LogP) is 1.59. The average Bonchev–Trinajstić information content (AvgIpc) is 2.54. The van der Waals surface area contributed by atoms with Gasteiger partial charge in [-0.3, -0.25) is 4.79 Å². The minimum Gasteiger partial charge on any atom is -0.497 e. The van der Waals surface area contributed by atoms with E-state index in [9.17, 15) is 4.79 Å². The predicted molar refractivity (Wildman–Crippen MR) is 85.2 cm³/mol. The summed E-state index contributed by atoms with van der Waals surface area (Å²) in [6.45, 7) is 2.82. The topological polar surface area (TPSA) is 59.6 Å². The summed E-state index contributed by atoms with van der Waals surface area (Å²) in [6, 6.07) is 5.33. The van der Waals surface area contributed by atoms with Crippen LogP contribution in [0.4, 0.5) is 0 Å². The molecule has 2 N–H and O–H groups in total. The Bertz CT molecular complexity index is 490. The second-order valence-electron chi connectivity index (χ2n) is 4.92. The number of hydrogen-bond acceptors (Lipinski definition) is 5. The molecule has 1 aliphatic rings. The monoisotopic (exact) mass is 310 g/mol. The van der Waals surface area contributed by atoms with E-state index < -0.39 is 0 Å². The van der Waals surface area contributed by atoms with Crippen molar-refractivity contribution in [2.45, 2.75) is 19.0 Å². The van der Waals surface area contributed by atoms with Crippen LogP contribution in [0.5, 0.6) is 11.5 Å². The molecule has 1 heterocycles. The SMILES string of the molecule is COc1ccc(OC)c(C(C)NC(=O)C2CSCCN2)c1. The number of rotatable bonds is 5. The van der Waals surface area contributed by atoms with Crippen LogP contribution in [-0.4, -0.2) is 44.2 Å². The van der Waals surface area contributed by atoms with E-state index in [-0.39, 0.29) is 18.0 Å². The Hall–Kier alpha value is -1.40. The molecule has 1 amide bonds. The highest BCUT2D eigenvalue weighted by Crippen LogP contribution is 2.29. The van der Waals surface area contributed by atoms with E-state index in [0.717, 1.165) is 35.1 Å². The van der Waals surface area contributed by atoms with Gasteiger partial charge in [0.15, 0.2) is 0 Å². The number of carbonyl (C=O) groups is 1. The smallest absolute Gasteiger partial charge is 0.238 e. The molecular formula is C15H22N2O3S. The van der Waals surface area contributed by atoms with Crippen LogP contribution in [0.1, 0.15) is 18.5 Å². The number of benzene rings is 1. The molecule has 1 aromatic carbocycles. The Labute approximate surface area is 129 Å². The van der Waals surface area contributed by atoms with Gasteiger partial charge in [0, 0.05) is 23.6 Å². The standard InChI is InChI=1S/C15H22N2O3S/c1-10(17-15(18)13-9-21-7-6-16-13)12-8-11(19-2)4-5-14(12)20-3/h4-5,8,10,13,16H,6-7,9H2,1-3H3,(H,17,18). The van der Waals surface area contributed by atoms with Gasteiger partial charge in [-0.05, 0) is 25.1 Å². The minimum absolute atomic E-state index is 0.0274. The van der Waals surface area contributed by atoms with Gasteiger partial charge in [0.05, 0.1) is 26.3 Å². The first kappa shape index (κ1) is 16.0. The number of methoxy groups -OCH3 is 2. The maximum absolute atomic E-state index is 12.3. The number of hydrogen-bond donors (Lipinski definition) is 2. The lowest BCUT2D eigenvalue weighted by Crippen LogP contribution is -2.49. The molecular weight excluding hydrogens is 288 g/mol. The molecule has 0 radical (unpaired) electrons. The molecule has 21 heavy (non-hydrogen) atoms. The van der Waals surface area contributed by atoms with Crippen LogP contribution in [0.15, 0.2) is 18.2 Å². The maximum atomic E-state index is 12.3. The first-order chi connectivity index (χ1) is 10.2. The molecule has 1 saturated heterocycles. The quantitative estimate of drug-likeness (QED) is 0.865. The third kappa shape index (κ3) is 4.04. The van der Waals surface area contributed by atoms with Gasteiger partial charge in [-0.1, -0.05) is 0 Å². The van der Waals surface area contributed by atoms with Crippen LogP contribution in [-0.2, 0) is 4.79 Å². The molecule has 2 unspecified atom stereocenters. The zero-order chi connectivity index (χ0) is 15.2. The largest absolute Gasteiger partial charge is 0.497 e. The highest BCUT2D eigenvalue weighted by Gasteiger charge is 2.23. The third-order valence-corrected chi connectivity index (χ3v) is 4.56. The summed E-state index contributed by atoms with van der Waals surface area (Å²) in [6.07, 6.45) is 0. The second-order valence-corrected chi connectivity index (χ2v) is 6.07. The highest BCUT2D eigenvalue weighted by molar-refractivity contribution is 7.99. The molecule has 0 aliphatic carbocycles. The molecule has 6 heteroatoms. The first-order valence-electron chi connectivity index (χ1n) is 6.99. The first-order valence-corrected chi connectivity index (χ1v) is 8.14. The second kappa shape index (κ2) is 7.56. The molecule has 0 aromatic heterocycles. The third-order valence-electron chi connectivity index (χ3n) is 3.50. The van der Waals surface area contributed by atoms with Crippen molar-refractivity contribution in [2.75, 3.05) is 32.3 Å². The summed E-state index contributed by atoms with van der Waals surface area (Å²) in [5, 5.41) is 6.28. The van der Waals surface area contributed by atoms with Crippen molar-refractivity contribution in [2.24, 2.45) is 0 Å². The van der Waals surface area contributed by atoms with Gasteiger partial charge in [0.2, 0.25) is 5.91 Å². The van der Waals surface area contributed by atoms with Crippen molar-refractivity contribution in [3.8, 4) is 11.5 Å². The van der Waals surface area contributed by atoms with Crippen LogP contribution in [0.3, 0.4) is 0 Å². The van der Waals surface area contributed by atoms with Crippen molar-refractivity contribution in [1.29, 1.82) is 0 Å². The van der Waals surface area contributed by atoms with Crippen molar-refractivity contribution in [3.05, 3.63) is 23.8 Å². The Morgan fingerprint density at radius 2 is 2.24 bits per heavy atom. The lowest BCUT2D eigenvalue weighted by Gasteiger charge is -2.25. The summed E-state index contributed by atoms with van der Waals surface area (Å²) in [4.78, 5) is 12.3. The highest BCUT2D eigenvalue weighted by atomic mass is 32.2. The molecule has 1 aliphatic heterocycles. The van der Waals surface area contributed by atoms with Crippen molar-refractivity contribution in [3.63, 3.8) is 0 Å². The number of amides is 1. The minimum atomic E-state index is -0.142. The number of nitrogens with one attached hydrogen (secondary N) is 2. The molecule has 5 nitrogen and oxygen atoms in total. The maximum Gasteiger partial charge on any atom is 0.238 e. The molecule has 1 aromatic rings. The van der Waals surface area contributed by atoms with Crippen LogP contribution in [0.2, 0.25) is 0 Å². The summed E-state index contributed by atoms with van der Waals surface area (Å²) in [7, 11) is 3.25. The van der Waals surface area contributed by atoms with Crippen LogP contribution in [0, 0.1) is 0 Å². The fourth-order valence-electron chi connectivity index (χ4n) is 2.30. The van der Waals surface area contributed by atoms with Crippen LogP contribution in [0.25, 0.3) is 0 Å². The van der Waals surface area contributed by atoms with Gasteiger partial charge < -0.3 is 20.1 Å². The normalized spacial score (nSPS) is 19.7. The van der Waals surface area contributed by atoms with Crippen LogP contribution < -0.4 is 20.1 Å². The molecule has 0 bridgehead atoms. The van der Waals surface area contributed by atoms with E-state index in [1.54, 1.807) is 26.0 Å². The molecule has 0 spiro atoms. The molecule has 1 fully saturated rings. The molecule has 2 rings (SSSR count). The fraction of sp³-hybridized carbons (Fsp3) is 0.533. The summed E-state index contributed by atoms with van der Waals surface area (Å²) in [5.41, 5.74) is 0.911. The van der Waals surface area contributed by atoms with Crippen molar-refractivity contribution >= 4 is 17.7 Å². The Kier molecular flexibility index (Phi) is 5.76. The lowest BCUT2D eigenvalue weighted by atomic mass is 10.1. The molecule has 2 atom stereocenters. The van der Waals surface area contributed by atoms with Gasteiger partial charge in [0.25, 0.3) is 0 Å². The van der Waals surface area contributed by atoms with E-state index in [0.29, 0.717) is 0 Å². The zero-order valence-electron chi connectivity index (χ0n) is 12.6. The van der Waals surface area contributed by atoms with Gasteiger partial charge in [-0.25, -0.2) is 0 Å². The van der Waals surface area contributed by atoms with E-state index in [1.807, 2.05) is 25.1 Å². The average molecular weight is 310 g/mol. The van der Waals surface area contributed by atoms with E-state index >= 15 is 0 Å². The lowest BCUT2D eigenvalue weighted by molar-refractivity contribution is -0.123. The number of carbonyl (C=O) groups excluding carboxylic acids is 1. The van der Waals surface area contributed by atoms with E-state index in [1.165, 1.54) is 0 Å². The number of thioether (sulfide) groups is 1. The van der Waals surface area contributed by atoms with Crippen LogP contribution >= 0.6 is 11.8 Å². The molecule has 116 valence electrons. The Morgan fingerprint density at radius 1 is 1.43 bits per heavy atom. The van der Waals surface area contributed by atoms with Gasteiger partial charge in [-0.2, -0.15) is 11.8 Å². The summed E-state index contributed by atoms with van der Waals surface area (Å²) < 4.78 is 10.6. The summed E-state index contributed by atoms with van der Waals surface area (Å²) >= 11 is 1.80. The summed E-state index contributed by atoms with van der Waals surface area (Å²) in [5.74, 6) is 3.39. The number of ether oxygens (including phenoxy) is 2. The van der Waals surface area contributed by atoms with Gasteiger partial charge in [-0.15, -0.1) is 0 Å². The van der Waals surface area contributed by atoms with Gasteiger partial charge in [0.1, 0.15) is 11.5 Å². The van der Waals surface area contributed by atoms with E-state index in [4.69, 9.17) is 9.47 Å². The van der Waals surface area contributed by atoms with Crippen molar-refractivity contribution < 1.29 is 14.3 Å². The zero-order valence-corrected chi connectivity index (χ0v) is 13.5. The Balaban J connectivity index is 2.08. The fourth-order valence-corrected chi connectivity index (χ4v) is 3.24. The molecule has 0 saturated carbocycles.